The van der Waals surface area contributed by atoms with E-state index in [0.717, 1.165) is 23.5 Å². The average molecular weight is 555 g/mol. The number of nitrogens with zero attached hydrogens (tertiary/aromatic N) is 6. The van der Waals surface area contributed by atoms with Crippen LogP contribution in [0.15, 0.2) is 35.6 Å². The molecular weight excluding hydrogens is 528 g/mol. The van der Waals surface area contributed by atoms with Crippen LogP contribution in [0.25, 0.3) is 37.2 Å². The van der Waals surface area contributed by atoms with Gasteiger partial charge < -0.3 is 10.3 Å². The van der Waals surface area contributed by atoms with E-state index >= 15 is 0 Å². The van der Waals surface area contributed by atoms with Crippen LogP contribution in [0, 0.1) is 5.41 Å². The van der Waals surface area contributed by atoms with Gasteiger partial charge in [0.2, 0.25) is 5.91 Å². The maximum Gasteiger partial charge on any atom is 0.261 e. The quantitative estimate of drug-likeness (QED) is 0.310. The zero-order chi connectivity index (χ0) is 26.8. The Bertz CT molecular complexity index is 1890. The van der Waals surface area contributed by atoms with Gasteiger partial charge in [-0.05, 0) is 11.5 Å². The highest BCUT2D eigenvalue weighted by Gasteiger charge is 2.34. The normalized spacial score (nSPS) is 15.9. The van der Waals surface area contributed by atoms with E-state index in [9.17, 15) is 18.0 Å². The molecule has 198 valence electrons. The van der Waals surface area contributed by atoms with Gasteiger partial charge >= 0.3 is 0 Å². The summed E-state index contributed by atoms with van der Waals surface area (Å²) in [7, 11) is -3.09. The first-order valence-corrected chi connectivity index (χ1v) is 14.9. The summed E-state index contributed by atoms with van der Waals surface area (Å²) in [6.07, 6.45) is 8.02. The van der Waals surface area contributed by atoms with E-state index in [1.54, 1.807) is 33.9 Å². The number of fused-ring (bicyclic) bond motifs is 5. The first-order chi connectivity index (χ1) is 17.9. The fourth-order valence-corrected chi connectivity index (χ4v) is 6.49. The molecule has 12 nitrogen and oxygen atoms in total. The number of amides is 1. The number of aryl methyl sites for hydroxylation is 1. The number of hydrogen-bond acceptors (Lipinski definition) is 9. The minimum atomic E-state index is -3.09. The number of pyridine rings is 2. The van der Waals surface area contributed by atoms with Crippen molar-refractivity contribution in [1.82, 2.24) is 34.3 Å². The SMILES string of the molecule is CC1(C)CN(CC(=O)Nc2cnc3c(c2)[nH]c(=O)c2c3nn3cc(-c4cnn(CCS(C)(=O)=O)c4)sc23)C1. The molecule has 1 aliphatic heterocycles. The van der Waals surface area contributed by atoms with Crippen molar-refractivity contribution in [2.75, 3.05) is 37.0 Å². The minimum Gasteiger partial charge on any atom is -0.324 e. The number of rotatable bonds is 7. The highest BCUT2D eigenvalue weighted by atomic mass is 32.2. The number of nitrogens with one attached hydrogen (secondary N) is 2. The zero-order valence-corrected chi connectivity index (χ0v) is 22.7. The van der Waals surface area contributed by atoms with Crippen LogP contribution in [-0.2, 0) is 21.2 Å². The third kappa shape index (κ3) is 4.70. The molecule has 1 saturated heterocycles. The molecule has 1 amide bonds. The average Bonchev–Trinajstić information content (AvgIpc) is 3.50. The molecule has 0 spiro atoms. The van der Waals surface area contributed by atoms with Crippen LogP contribution >= 0.6 is 11.3 Å². The van der Waals surface area contributed by atoms with Gasteiger partial charge in [-0.3, -0.25) is 24.2 Å². The molecule has 2 N–H and O–H groups in total. The summed E-state index contributed by atoms with van der Waals surface area (Å²) in [4.78, 5) is 36.5. The molecule has 0 unspecified atom stereocenters. The molecule has 0 saturated carbocycles. The van der Waals surface area contributed by atoms with Crippen molar-refractivity contribution in [2.24, 2.45) is 5.41 Å². The van der Waals surface area contributed by atoms with Crippen LogP contribution in [0.5, 0.6) is 0 Å². The second-order valence-electron chi connectivity index (χ2n) is 10.6. The maximum absolute atomic E-state index is 13.1. The van der Waals surface area contributed by atoms with Gasteiger partial charge in [0.05, 0.1) is 47.3 Å². The van der Waals surface area contributed by atoms with E-state index in [2.05, 4.69) is 44.2 Å². The fourth-order valence-electron chi connectivity index (χ4n) is 4.90. The van der Waals surface area contributed by atoms with E-state index < -0.39 is 9.84 Å². The molecule has 5 aromatic rings. The number of thiazole rings is 1. The van der Waals surface area contributed by atoms with E-state index in [-0.39, 0.29) is 29.2 Å². The molecule has 0 aromatic carbocycles. The van der Waals surface area contributed by atoms with Crippen LogP contribution in [0.4, 0.5) is 5.69 Å². The van der Waals surface area contributed by atoms with Crippen molar-refractivity contribution in [3.05, 3.63) is 41.2 Å². The number of carbonyl (C=O) groups excluding carboxylic acids is 1. The Balaban J connectivity index is 1.27. The van der Waals surface area contributed by atoms with Gasteiger partial charge in [-0.1, -0.05) is 13.8 Å². The Labute approximate surface area is 221 Å². The predicted molar refractivity (Wildman–Crippen MR) is 146 cm³/mol. The summed E-state index contributed by atoms with van der Waals surface area (Å²) in [5, 5.41) is 12.2. The van der Waals surface area contributed by atoms with Gasteiger partial charge in [0.15, 0.2) is 0 Å². The van der Waals surface area contributed by atoms with Crippen LogP contribution < -0.4 is 10.9 Å². The van der Waals surface area contributed by atoms with Crippen LogP contribution in [-0.4, -0.2) is 80.2 Å². The highest BCUT2D eigenvalue weighted by Crippen LogP contribution is 2.33. The molecule has 0 aliphatic carbocycles. The molecule has 0 atom stereocenters. The lowest BCUT2D eigenvalue weighted by atomic mass is 9.84. The Hall–Kier alpha value is -3.62. The smallest absolute Gasteiger partial charge is 0.261 e. The topological polar surface area (TPSA) is 147 Å². The zero-order valence-electron chi connectivity index (χ0n) is 21.1. The van der Waals surface area contributed by atoms with E-state index in [0.29, 0.717) is 39.0 Å². The first-order valence-electron chi connectivity index (χ1n) is 12.0. The summed E-state index contributed by atoms with van der Waals surface area (Å²) in [6.45, 7) is 6.68. The standard InChI is InChI=1S/C24H26N8O4S2/c1-24(2)12-30(13-24)11-18(33)27-15-6-16-20(25-8-15)21-19(22(34)28-16)23-32(29-21)10-17(37-23)14-7-26-31(9-14)4-5-38(3,35)36/h6-10H,4-5,11-13H2,1-3H3,(H,27,33)(H,28,34). The monoisotopic (exact) mass is 554 g/mol. The van der Waals surface area contributed by atoms with Gasteiger partial charge in [-0.15, -0.1) is 11.3 Å². The molecule has 1 aliphatic rings. The van der Waals surface area contributed by atoms with Gasteiger partial charge in [0, 0.05) is 37.3 Å². The second kappa shape index (κ2) is 8.71. The van der Waals surface area contributed by atoms with Gasteiger partial charge in [-0.25, -0.2) is 12.9 Å². The van der Waals surface area contributed by atoms with Crippen molar-refractivity contribution in [3.8, 4) is 10.4 Å². The van der Waals surface area contributed by atoms with E-state index in [4.69, 9.17) is 0 Å². The van der Waals surface area contributed by atoms with Crippen molar-refractivity contribution < 1.29 is 13.2 Å². The number of aromatic amines is 1. The second-order valence-corrected chi connectivity index (χ2v) is 13.9. The van der Waals surface area contributed by atoms with Gasteiger partial charge in [-0.2, -0.15) is 10.2 Å². The summed E-state index contributed by atoms with van der Waals surface area (Å²) in [5.41, 5.74) is 2.76. The lowest BCUT2D eigenvalue weighted by Gasteiger charge is -2.45. The lowest BCUT2D eigenvalue weighted by Crippen LogP contribution is -2.54. The molecule has 6 heterocycles. The van der Waals surface area contributed by atoms with Gasteiger partial charge in [0.25, 0.3) is 5.56 Å². The molecule has 5 aromatic heterocycles. The largest absolute Gasteiger partial charge is 0.324 e. The van der Waals surface area contributed by atoms with Crippen LogP contribution in [0.2, 0.25) is 0 Å². The third-order valence-corrected chi connectivity index (χ3v) is 8.53. The maximum atomic E-state index is 13.1. The Kier molecular flexibility index (Phi) is 5.66. The highest BCUT2D eigenvalue weighted by molar-refractivity contribution is 7.90. The number of carbonyl (C=O) groups is 1. The molecule has 38 heavy (non-hydrogen) atoms. The Morgan fingerprint density at radius 1 is 1.21 bits per heavy atom. The number of sulfone groups is 1. The van der Waals surface area contributed by atoms with E-state index in [1.807, 2.05) is 6.20 Å². The number of anilines is 1. The van der Waals surface area contributed by atoms with Crippen molar-refractivity contribution in [2.45, 2.75) is 20.4 Å². The van der Waals surface area contributed by atoms with Crippen molar-refractivity contribution in [1.29, 1.82) is 0 Å². The molecular formula is C24H26N8O4S2. The number of aromatic nitrogens is 6. The number of H-pyrrole nitrogens is 1. The third-order valence-electron chi connectivity index (χ3n) is 6.46. The first kappa shape index (κ1) is 24.7. The molecule has 14 heteroatoms. The van der Waals surface area contributed by atoms with E-state index in [1.165, 1.54) is 17.6 Å². The predicted octanol–water partition coefficient (Wildman–Crippen LogP) is 1.97. The molecule has 6 rings (SSSR count). The lowest BCUT2D eigenvalue weighted by molar-refractivity contribution is -0.120. The van der Waals surface area contributed by atoms with Crippen molar-refractivity contribution in [3.63, 3.8) is 0 Å². The molecule has 0 bridgehead atoms. The van der Waals surface area contributed by atoms with Gasteiger partial charge in [0.1, 0.15) is 31.1 Å². The molecule has 0 radical (unpaired) electrons. The van der Waals surface area contributed by atoms with Crippen molar-refractivity contribution >= 4 is 59.5 Å². The summed E-state index contributed by atoms with van der Waals surface area (Å²) in [5.74, 6) is -0.121. The fraction of sp³-hybridized carbons (Fsp3) is 0.375. The summed E-state index contributed by atoms with van der Waals surface area (Å²) < 4.78 is 26.1. The van der Waals surface area contributed by atoms with Crippen LogP contribution in [0.3, 0.4) is 0 Å². The molecule has 1 fully saturated rings. The van der Waals surface area contributed by atoms with Crippen LogP contribution in [0.1, 0.15) is 13.8 Å². The number of hydrogen-bond donors (Lipinski definition) is 2. The number of likely N-dealkylation sites (tertiary alicyclic amines) is 1. The Morgan fingerprint density at radius 2 is 2.00 bits per heavy atom. The summed E-state index contributed by atoms with van der Waals surface area (Å²) >= 11 is 1.39. The summed E-state index contributed by atoms with van der Waals surface area (Å²) in [6, 6.07) is 1.70. The Morgan fingerprint density at radius 3 is 2.74 bits per heavy atom. The minimum absolute atomic E-state index is 0.00412.